The van der Waals surface area contributed by atoms with E-state index < -0.39 is 0 Å². The molecule has 0 radical (unpaired) electrons. The van der Waals surface area contributed by atoms with Crippen LogP contribution in [-0.2, 0) is 6.54 Å². The summed E-state index contributed by atoms with van der Waals surface area (Å²) < 4.78 is 2.03. The monoisotopic (exact) mass is 238 g/mol. The van der Waals surface area contributed by atoms with Crippen LogP contribution in [0.15, 0.2) is 6.20 Å². The van der Waals surface area contributed by atoms with Crippen molar-refractivity contribution in [3.05, 3.63) is 17.5 Å². The molecule has 0 saturated carbocycles. The number of aromatic nitrogens is 2. The lowest BCUT2D eigenvalue weighted by molar-refractivity contribution is 0.394. The molecule has 0 unspecified atom stereocenters. The number of aryl methyl sites for hydroxylation is 1. The normalized spacial score (nSPS) is 11.7. The molecule has 1 N–H and O–H groups in total. The van der Waals surface area contributed by atoms with Crippen molar-refractivity contribution >= 4 is 0 Å². The molecule has 0 aliphatic carbocycles. The van der Waals surface area contributed by atoms with Crippen molar-refractivity contribution in [3.8, 4) is 0 Å². The van der Waals surface area contributed by atoms with E-state index in [-0.39, 0.29) is 0 Å². The van der Waals surface area contributed by atoms with Gasteiger partial charge in [0, 0.05) is 24.3 Å². The van der Waals surface area contributed by atoms with E-state index in [2.05, 4.69) is 56.4 Å². The summed E-state index contributed by atoms with van der Waals surface area (Å²) in [7, 11) is 4.22. The average molecular weight is 238 g/mol. The number of rotatable bonds is 7. The predicted molar refractivity (Wildman–Crippen MR) is 72.2 cm³/mol. The van der Waals surface area contributed by atoms with Crippen molar-refractivity contribution < 1.29 is 0 Å². The van der Waals surface area contributed by atoms with Gasteiger partial charge in [-0.1, -0.05) is 0 Å². The van der Waals surface area contributed by atoms with E-state index in [1.807, 2.05) is 4.68 Å². The molecule has 4 nitrogen and oxygen atoms in total. The Kier molecular flexibility index (Phi) is 5.65. The van der Waals surface area contributed by atoms with Gasteiger partial charge in [0.1, 0.15) is 0 Å². The lowest BCUT2D eigenvalue weighted by Gasteiger charge is -2.09. The second kappa shape index (κ2) is 6.77. The molecule has 0 spiro atoms. The molecule has 1 aromatic rings. The second-order valence-corrected chi connectivity index (χ2v) is 5.15. The Labute approximate surface area is 105 Å². The molecule has 0 atom stereocenters. The Morgan fingerprint density at radius 2 is 2.12 bits per heavy atom. The number of nitrogens with zero attached hydrogens (tertiary/aromatic N) is 3. The van der Waals surface area contributed by atoms with Gasteiger partial charge in [-0.3, -0.25) is 4.68 Å². The molecule has 0 bridgehead atoms. The molecule has 0 amide bonds. The topological polar surface area (TPSA) is 33.1 Å². The van der Waals surface area contributed by atoms with Gasteiger partial charge in [0.15, 0.2) is 0 Å². The van der Waals surface area contributed by atoms with E-state index >= 15 is 0 Å². The average Bonchev–Trinajstić information content (AvgIpc) is 2.59. The number of nitrogens with one attached hydrogen (secondary N) is 1. The van der Waals surface area contributed by atoms with Gasteiger partial charge in [-0.2, -0.15) is 5.10 Å². The lowest BCUT2D eigenvalue weighted by atomic mass is 10.2. The SMILES string of the molecule is Cc1nn(C(C)C)cc1CNCCCN(C)C. The molecular weight excluding hydrogens is 212 g/mol. The van der Waals surface area contributed by atoms with E-state index in [9.17, 15) is 0 Å². The fourth-order valence-corrected chi connectivity index (χ4v) is 1.70. The minimum Gasteiger partial charge on any atom is -0.312 e. The summed E-state index contributed by atoms with van der Waals surface area (Å²) in [5, 5.41) is 7.98. The summed E-state index contributed by atoms with van der Waals surface area (Å²) in [6, 6.07) is 0.441. The Balaban J connectivity index is 2.31. The van der Waals surface area contributed by atoms with E-state index in [1.165, 1.54) is 12.0 Å². The maximum atomic E-state index is 4.51. The second-order valence-electron chi connectivity index (χ2n) is 5.15. The Hall–Kier alpha value is -0.870. The van der Waals surface area contributed by atoms with E-state index in [1.54, 1.807) is 0 Å². The van der Waals surface area contributed by atoms with Crippen LogP contribution in [0.25, 0.3) is 0 Å². The Morgan fingerprint density at radius 3 is 2.65 bits per heavy atom. The van der Waals surface area contributed by atoms with E-state index in [0.29, 0.717) is 6.04 Å². The van der Waals surface area contributed by atoms with Gasteiger partial charge in [0.2, 0.25) is 0 Å². The number of hydrogen-bond acceptors (Lipinski definition) is 3. The molecule has 0 aliphatic rings. The molecule has 1 rings (SSSR count). The first-order valence-corrected chi connectivity index (χ1v) is 6.40. The quantitative estimate of drug-likeness (QED) is 0.736. The lowest BCUT2D eigenvalue weighted by Crippen LogP contribution is -2.21. The van der Waals surface area contributed by atoms with Gasteiger partial charge in [0.25, 0.3) is 0 Å². The zero-order chi connectivity index (χ0) is 12.8. The molecule has 0 aliphatic heterocycles. The van der Waals surface area contributed by atoms with Crippen LogP contribution in [0.2, 0.25) is 0 Å². The fraction of sp³-hybridized carbons (Fsp3) is 0.769. The Morgan fingerprint density at radius 1 is 1.41 bits per heavy atom. The zero-order valence-corrected chi connectivity index (χ0v) is 11.8. The van der Waals surface area contributed by atoms with Crippen molar-refractivity contribution in [3.63, 3.8) is 0 Å². The highest BCUT2D eigenvalue weighted by atomic mass is 15.3. The van der Waals surface area contributed by atoms with Gasteiger partial charge in [-0.15, -0.1) is 0 Å². The molecule has 1 aromatic heterocycles. The molecule has 0 saturated heterocycles. The third kappa shape index (κ3) is 4.88. The van der Waals surface area contributed by atoms with Crippen molar-refractivity contribution in [2.75, 3.05) is 27.2 Å². The van der Waals surface area contributed by atoms with Gasteiger partial charge in [-0.05, 0) is 54.4 Å². The minimum absolute atomic E-state index is 0.441. The third-order valence-corrected chi connectivity index (χ3v) is 2.82. The van der Waals surface area contributed by atoms with Gasteiger partial charge < -0.3 is 10.2 Å². The minimum atomic E-state index is 0.441. The van der Waals surface area contributed by atoms with Crippen LogP contribution < -0.4 is 5.32 Å². The third-order valence-electron chi connectivity index (χ3n) is 2.82. The highest BCUT2D eigenvalue weighted by Crippen LogP contribution is 2.09. The van der Waals surface area contributed by atoms with E-state index in [4.69, 9.17) is 0 Å². The van der Waals surface area contributed by atoms with Gasteiger partial charge in [-0.25, -0.2) is 0 Å². The van der Waals surface area contributed by atoms with Crippen LogP contribution >= 0.6 is 0 Å². The van der Waals surface area contributed by atoms with Crippen LogP contribution in [0.1, 0.15) is 37.6 Å². The maximum Gasteiger partial charge on any atom is 0.0638 e. The van der Waals surface area contributed by atoms with Crippen LogP contribution in [0.3, 0.4) is 0 Å². The van der Waals surface area contributed by atoms with Crippen LogP contribution in [0.4, 0.5) is 0 Å². The first-order chi connectivity index (χ1) is 8.00. The molecule has 17 heavy (non-hydrogen) atoms. The maximum absolute atomic E-state index is 4.51. The summed E-state index contributed by atoms with van der Waals surface area (Å²) in [5.41, 5.74) is 2.45. The standard InChI is InChI=1S/C13H26N4/c1-11(2)17-10-13(12(3)15-17)9-14-7-6-8-16(4)5/h10-11,14H,6-9H2,1-5H3. The summed E-state index contributed by atoms with van der Waals surface area (Å²) in [6.45, 7) is 9.50. The summed E-state index contributed by atoms with van der Waals surface area (Å²) in [6.07, 6.45) is 3.34. The number of hydrogen-bond donors (Lipinski definition) is 1. The fourth-order valence-electron chi connectivity index (χ4n) is 1.70. The molecule has 0 fully saturated rings. The molecule has 4 heteroatoms. The van der Waals surface area contributed by atoms with Crippen molar-refractivity contribution in [2.45, 2.75) is 39.8 Å². The van der Waals surface area contributed by atoms with Crippen molar-refractivity contribution in [1.82, 2.24) is 20.0 Å². The molecule has 0 aromatic carbocycles. The van der Waals surface area contributed by atoms with Crippen LogP contribution in [0.5, 0.6) is 0 Å². The summed E-state index contributed by atoms with van der Waals surface area (Å²) in [4.78, 5) is 2.21. The van der Waals surface area contributed by atoms with Crippen molar-refractivity contribution in [2.24, 2.45) is 0 Å². The smallest absolute Gasteiger partial charge is 0.0638 e. The summed E-state index contributed by atoms with van der Waals surface area (Å²) >= 11 is 0. The first kappa shape index (κ1) is 14.2. The van der Waals surface area contributed by atoms with Crippen LogP contribution in [-0.4, -0.2) is 41.9 Å². The summed E-state index contributed by atoms with van der Waals surface area (Å²) in [5.74, 6) is 0. The predicted octanol–water partition coefficient (Wildman–Crippen LogP) is 1.81. The molecular formula is C13H26N4. The van der Waals surface area contributed by atoms with Crippen molar-refractivity contribution in [1.29, 1.82) is 0 Å². The van der Waals surface area contributed by atoms with Crippen LogP contribution in [0, 0.1) is 6.92 Å². The Bertz CT molecular complexity index is 328. The van der Waals surface area contributed by atoms with Gasteiger partial charge in [0.05, 0.1) is 5.69 Å². The van der Waals surface area contributed by atoms with Gasteiger partial charge >= 0.3 is 0 Å². The van der Waals surface area contributed by atoms with E-state index in [0.717, 1.165) is 25.3 Å². The highest BCUT2D eigenvalue weighted by Gasteiger charge is 2.06. The molecule has 1 heterocycles. The highest BCUT2D eigenvalue weighted by molar-refractivity contribution is 5.15. The first-order valence-electron chi connectivity index (χ1n) is 6.40. The zero-order valence-electron chi connectivity index (χ0n) is 11.8. The molecule has 98 valence electrons. The largest absolute Gasteiger partial charge is 0.312 e.